The summed E-state index contributed by atoms with van der Waals surface area (Å²) in [6.07, 6.45) is 2.71. The Labute approximate surface area is 153 Å². The van der Waals surface area contributed by atoms with E-state index in [1.807, 2.05) is 48.7 Å². The van der Waals surface area contributed by atoms with Gasteiger partial charge in [0.25, 0.3) is 0 Å². The van der Waals surface area contributed by atoms with Crippen LogP contribution < -0.4 is 10.5 Å². The van der Waals surface area contributed by atoms with Crippen molar-refractivity contribution < 1.29 is 9.53 Å². The lowest BCUT2D eigenvalue weighted by Gasteiger charge is -2.25. The zero-order chi connectivity index (χ0) is 18.5. The van der Waals surface area contributed by atoms with E-state index in [4.69, 9.17) is 10.5 Å². The van der Waals surface area contributed by atoms with Crippen molar-refractivity contribution in [3.8, 4) is 5.75 Å². The fourth-order valence-corrected chi connectivity index (χ4v) is 3.27. The van der Waals surface area contributed by atoms with Crippen LogP contribution in [0, 0.1) is 0 Å². The van der Waals surface area contributed by atoms with Gasteiger partial charge in [0.2, 0.25) is 5.91 Å². The van der Waals surface area contributed by atoms with Crippen molar-refractivity contribution in [2.24, 2.45) is 5.73 Å². The van der Waals surface area contributed by atoms with E-state index < -0.39 is 0 Å². The topological polar surface area (TPSA) is 71.3 Å². The number of rotatable bonds is 7. The van der Waals surface area contributed by atoms with E-state index in [1.54, 1.807) is 18.9 Å². The molecule has 1 heterocycles. The molecule has 0 radical (unpaired) electrons. The van der Waals surface area contributed by atoms with Crippen molar-refractivity contribution in [2.75, 3.05) is 13.7 Å². The van der Waals surface area contributed by atoms with Gasteiger partial charge in [-0.05, 0) is 24.1 Å². The molecule has 0 unspecified atom stereocenters. The summed E-state index contributed by atoms with van der Waals surface area (Å²) < 4.78 is 5.39. The number of H-pyrrole nitrogens is 1. The van der Waals surface area contributed by atoms with Gasteiger partial charge in [0.05, 0.1) is 7.11 Å². The molecule has 0 saturated heterocycles. The summed E-state index contributed by atoms with van der Waals surface area (Å²) in [5.41, 5.74) is 9.63. The molecule has 0 aliphatic carbocycles. The highest BCUT2D eigenvalue weighted by Gasteiger charge is 2.17. The standard InChI is InChI=1S/C21H25N3O2/c1-15(25)24(13-16-7-3-6-10-21(16)26-2)14-18(22)11-17-12-23-20-9-5-4-8-19(17)20/h3-10,12,18,23H,11,13-14,22H2,1-2H3/t18-/m1/s1. The Balaban J connectivity index is 1.70. The number of hydrogen-bond donors (Lipinski definition) is 2. The van der Waals surface area contributed by atoms with E-state index in [0.717, 1.165) is 16.8 Å². The third-order valence-electron chi connectivity index (χ3n) is 4.61. The molecular weight excluding hydrogens is 326 g/mol. The summed E-state index contributed by atoms with van der Waals surface area (Å²) in [5.74, 6) is 0.786. The SMILES string of the molecule is COc1ccccc1CN(C[C@H](N)Cc1c[nH]c2ccccc12)C(C)=O. The van der Waals surface area contributed by atoms with Crippen LogP contribution in [-0.4, -0.2) is 35.5 Å². The van der Waals surface area contributed by atoms with Crippen molar-refractivity contribution in [1.29, 1.82) is 0 Å². The van der Waals surface area contributed by atoms with Crippen LogP contribution >= 0.6 is 0 Å². The number of amides is 1. The molecular formula is C21H25N3O2. The van der Waals surface area contributed by atoms with Crippen LogP contribution in [-0.2, 0) is 17.8 Å². The maximum atomic E-state index is 12.1. The number of para-hydroxylation sites is 2. The maximum absolute atomic E-state index is 12.1. The van der Waals surface area contributed by atoms with Crippen LogP contribution in [0.2, 0.25) is 0 Å². The molecule has 0 saturated carbocycles. The van der Waals surface area contributed by atoms with Crippen LogP contribution in [0.15, 0.2) is 54.7 Å². The molecule has 26 heavy (non-hydrogen) atoms. The van der Waals surface area contributed by atoms with Gasteiger partial charge in [-0.1, -0.05) is 36.4 Å². The van der Waals surface area contributed by atoms with Gasteiger partial charge in [-0.3, -0.25) is 4.79 Å². The van der Waals surface area contributed by atoms with Crippen molar-refractivity contribution in [2.45, 2.75) is 25.9 Å². The van der Waals surface area contributed by atoms with Crippen LogP contribution in [0.1, 0.15) is 18.1 Å². The minimum atomic E-state index is -0.146. The predicted molar refractivity (Wildman–Crippen MR) is 104 cm³/mol. The Morgan fingerprint density at radius 2 is 1.88 bits per heavy atom. The van der Waals surface area contributed by atoms with E-state index in [1.165, 1.54) is 10.9 Å². The van der Waals surface area contributed by atoms with Gasteiger partial charge < -0.3 is 20.4 Å². The lowest BCUT2D eigenvalue weighted by atomic mass is 10.0. The normalized spacial score (nSPS) is 12.1. The number of methoxy groups -OCH3 is 1. The second-order valence-corrected chi connectivity index (χ2v) is 6.54. The van der Waals surface area contributed by atoms with Gasteiger partial charge in [-0.25, -0.2) is 0 Å². The van der Waals surface area contributed by atoms with Crippen molar-refractivity contribution in [1.82, 2.24) is 9.88 Å². The predicted octanol–water partition coefficient (Wildman–Crippen LogP) is 3.10. The number of fused-ring (bicyclic) bond motifs is 1. The molecule has 3 aromatic rings. The number of nitrogens with one attached hydrogen (secondary N) is 1. The maximum Gasteiger partial charge on any atom is 0.219 e. The summed E-state index contributed by atoms with van der Waals surface area (Å²) in [6, 6.07) is 15.8. The first kappa shape index (κ1) is 18.0. The first-order chi connectivity index (χ1) is 12.6. The highest BCUT2D eigenvalue weighted by Crippen LogP contribution is 2.21. The van der Waals surface area contributed by atoms with E-state index in [-0.39, 0.29) is 11.9 Å². The zero-order valence-corrected chi connectivity index (χ0v) is 15.2. The van der Waals surface area contributed by atoms with E-state index in [9.17, 15) is 4.79 Å². The fourth-order valence-electron chi connectivity index (χ4n) is 3.27. The summed E-state index contributed by atoms with van der Waals surface area (Å²) in [5, 5.41) is 1.18. The van der Waals surface area contributed by atoms with E-state index in [0.29, 0.717) is 19.5 Å². The van der Waals surface area contributed by atoms with Gasteiger partial charge in [-0.15, -0.1) is 0 Å². The molecule has 5 nitrogen and oxygen atoms in total. The van der Waals surface area contributed by atoms with Gasteiger partial charge >= 0.3 is 0 Å². The molecule has 5 heteroatoms. The smallest absolute Gasteiger partial charge is 0.219 e. The lowest BCUT2D eigenvalue weighted by Crippen LogP contribution is -2.40. The van der Waals surface area contributed by atoms with Crippen LogP contribution in [0.3, 0.4) is 0 Å². The molecule has 0 bridgehead atoms. The van der Waals surface area contributed by atoms with Gasteiger partial charge in [0.15, 0.2) is 0 Å². The summed E-state index contributed by atoms with van der Waals surface area (Å²) in [6.45, 7) is 2.56. The first-order valence-electron chi connectivity index (χ1n) is 8.76. The molecule has 3 N–H and O–H groups in total. The second kappa shape index (κ2) is 8.06. The quantitative estimate of drug-likeness (QED) is 0.687. The zero-order valence-electron chi connectivity index (χ0n) is 15.2. The van der Waals surface area contributed by atoms with Gasteiger partial charge in [0.1, 0.15) is 5.75 Å². The number of nitrogens with two attached hydrogens (primary N) is 1. The van der Waals surface area contributed by atoms with Crippen molar-refractivity contribution in [3.63, 3.8) is 0 Å². The Hall–Kier alpha value is -2.79. The number of aromatic nitrogens is 1. The molecule has 0 fully saturated rings. The van der Waals surface area contributed by atoms with E-state index in [2.05, 4.69) is 11.1 Å². The molecule has 0 aliphatic rings. The number of aromatic amines is 1. The number of ether oxygens (including phenoxy) is 1. The average molecular weight is 351 g/mol. The van der Waals surface area contributed by atoms with Crippen LogP contribution in [0.25, 0.3) is 10.9 Å². The van der Waals surface area contributed by atoms with Crippen molar-refractivity contribution >= 4 is 16.8 Å². The average Bonchev–Trinajstić information content (AvgIpc) is 3.04. The van der Waals surface area contributed by atoms with E-state index >= 15 is 0 Å². The molecule has 1 aromatic heterocycles. The fraction of sp³-hybridized carbons (Fsp3) is 0.286. The monoisotopic (exact) mass is 351 g/mol. The van der Waals surface area contributed by atoms with Crippen LogP contribution in [0.5, 0.6) is 5.75 Å². The minimum Gasteiger partial charge on any atom is -0.496 e. The third kappa shape index (κ3) is 4.06. The Morgan fingerprint density at radius 1 is 1.15 bits per heavy atom. The Kier molecular flexibility index (Phi) is 5.58. The third-order valence-corrected chi connectivity index (χ3v) is 4.61. The molecule has 1 atom stereocenters. The lowest BCUT2D eigenvalue weighted by molar-refractivity contribution is -0.129. The number of carbonyl (C=O) groups is 1. The highest BCUT2D eigenvalue weighted by molar-refractivity contribution is 5.83. The number of hydrogen-bond acceptors (Lipinski definition) is 3. The molecule has 0 spiro atoms. The summed E-state index contributed by atoms with van der Waals surface area (Å²) in [7, 11) is 1.64. The second-order valence-electron chi connectivity index (χ2n) is 6.54. The molecule has 0 aliphatic heterocycles. The summed E-state index contributed by atoms with van der Waals surface area (Å²) in [4.78, 5) is 17.2. The molecule has 2 aromatic carbocycles. The molecule has 3 rings (SSSR count). The molecule has 136 valence electrons. The van der Waals surface area contributed by atoms with Gasteiger partial charge in [0, 0.05) is 48.7 Å². The summed E-state index contributed by atoms with van der Waals surface area (Å²) >= 11 is 0. The minimum absolute atomic E-state index is 0.00489. The Morgan fingerprint density at radius 3 is 2.65 bits per heavy atom. The highest BCUT2D eigenvalue weighted by atomic mass is 16.5. The number of carbonyl (C=O) groups excluding carboxylic acids is 1. The first-order valence-corrected chi connectivity index (χ1v) is 8.76. The Bertz CT molecular complexity index is 888. The number of nitrogens with zero attached hydrogens (tertiary/aromatic N) is 1. The van der Waals surface area contributed by atoms with Crippen molar-refractivity contribution in [3.05, 3.63) is 65.9 Å². The van der Waals surface area contributed by atoms with Gasteiger partial charge in [-0.2, -0.15) is 0 Å². The molecule has 1 amide bonds. The number of benzene rings is 2. The largest absolute Gasteiger partial charge is 0.496 e. The van der Waals surface area contributed by atoms with Crippen LogP contribution in [0.4, 0.5) is 0 Å².